The molecule has 2 aliphatic heterocycles. The number of hydrogen-bond acceptors (Lipinski definition) is 5. The van der Waals surface area contributed by atoms with Gasteiger partial charge in [-0.25, -0.2) is 9.78 Å². The zero-order chi connectivity index (χ0) is 24.6. The van der Waals surface area contributed by atoms with Crippen molar-refractivity contribution in [3.8, 4) is 0 Å². The fraction of sp³-hybridized carbons (Fsp3) is 0.448. The van der Waals surface area contributed by atoms with Gasteiger partial charge in [0.2, 0.25) is 0 Å². The van der Waals surface area contributed by atoms with Crippen LogP contribution in [0.15, 0.2) is 54.6 Å². The van der Waals surface area contributed by atoms with E-state index in [9.17, 15) is 4.79 Å². The van der Waals surface area contributed by atoms with Crippen LogP contribution in [0.1, 0.15) is 50.3 Å². The number of urea groups is 1. The molecule has 0 spiro atoms. The number of carbonyl (C=O) groups is 1. The Hall–Kier alpha value is -3.16. The molecule has 3 heterocycles. The fourth-order valence-electron chi connectivity index (χ4n) is 6.43. The van der Waals surface area contributed by atoms with Crippen molar-refractivity contribution in [1.82, 2.24) is 15.2 Å². The van der Waals surface area contributed by atoms with E-state index in [1.165, 1.54) is 11.1 Å². The van der Waals surface area contributed by atoms with Gasteiger partial charge in [0, 0.05) is 35.2 Å². The van der Waals surface area contributed by atoms with Gasteiger partial charge in [-0.3, -0.25) is 4.90 Å². The summed E-state index contributed by atoms with van der Waals surface area (Å²) in [6.07, 6.45) is 4.03. The Bertz CT molecular complexity index is 1250. The van der Waals surface area contributed by atoms with Gasteiger partial charge in [-0.05, 0) is 81.0 Å². The number of carbonyl (C=O) groups excluding carboxylic acids is 1. The van der Waals surface area contributed by atoms with Crippen LogP contribution in [0.2, 0.25) is 0 Å². The maximum atomic E-state index is 12.8. The normalized spacial score (nSPS) is 25.5. The van der Waals surface area contributed by atoms with Gasteiger partial charge in [-0.2, -0.15) is 0 Å². The number of aryl methyl sites for hydroxylation is 1. The standard InChI is InChI=1S/C29H35N5O2/c1-18(2)34-23-14-22(15-24(34)17-36-16-23)31-29(35)30-21-9-11-26-20(13-21)8-12-28(32-26)33-27-10-7-19-5-3-4-6-25(19)27/h3-6,8-9,11-13,18,22-24,27H,7,10,14-17H2,1-2H3,(H,32,33)(H2,30,31,35)/t22?,23?,24?,27-/m1/s1. The van der Waals surface area contributed by atoms with Crippen molar-refractivity contribution in [2.45, 2.75) is 69.7 Å². The Labute approximate surface area is 212 Å². The van der Waals surface area contributed by atoms with Crippen LogP contribution < -0.4 is 16.0 Å². The minimum absolute atomic E-state index is 0.150. The summed E-state index contributed by atoms with van der Waals surface area (Å²) in [5.41, 5.74) is 4.48. The van der Waals surface area contributed by atoms with E-state index in [0.29, 0.717) is 24.2 Å². The molecule has 7 heteroatoms. The van der Waals surface area contributed by atoms with Crippen molar-refractivity contribution in [3.63, 3.8) is 0 Å². The monoisotopic (exact) mass is 485 g/mol. The van der Waals surface area contributed by atoms with Gasteiger partial charge in [0.05, 0.1) is 24.8 Å². The molecule has 7 nitrogen and oxygen atoms in total. The van der Waals surface area contributed by atoms with Crippen LogP contribution in [0.3, 0.4) is 0 Å². The van der Waals surface area contributed by atoms with Crippen molar-refractivity contribution in [2.75, 3.05) is 23.8 Å². The SMILES string of the molecule is CC(C)N1C2COCC1CC(NC(=O)Nc1ccc3nc(N[C@@H]4CCc5ccccc54)ccc3c1)C2. The molecule has 2 bridgehead atoms. The maximum absolute atomic E-state index is 12.8. The molecule has 2 fully saturated rings. The van der Waals surface area contributed by atoms with Gasteiger partial charge in [0.25, 0.3) is 0 Å². The van der Waals surface area contributed by atoms with E-state index in [2.05, 4.69) is 65.0 Å². The molecule has 3 N–H and O–H groups in total. The lowest BCUT2D eigenvalue weighted by molar-refractivity contribution is -0.0933. The topological polar surface area (TPSA) is 78.5 Å². The molecule has 3 aliphatic rings. The number of nitrogens with zero attached hydrogens (tertiary/aromatic N) is 2. The molecule has 2 amide bonds. The van der Waals surface area contributed by atoms with Gasteiger partial charge < -0.3 is 20.7 Å². The van der Waals surface area contributed by atoms with E-state index >= 15 is 0 Å². The summed E-state index contributed by atoms with van der Waals surface area (Å²) in [4.78, 5) is 20.2. The lowest BCUT2D eigenvalue weighted by atomic mass is 9.89. The first-order chi connectivity index (χ1) is 17.5. The summed E-state index contributed by atoms with van der Waals surface area (Å²) in [7, 11) is 0. The quantitative estimate of drug-likeness (QED) is 0.469. The number of aromatic nitrogens is 1. The van der Waals surface area contributed by atoms with Crippen LogP contribution in [0.25, 0.3) is 10.9 Å². The maximum Gasteiger partial charge on any atom is 0.319 e. The van der Waals surface area contributed by atoms with Crippen molar-refractivity contribution in [3.05, 3.63) is 65.7 Å². The lowest BCUT2D eigenvalue weighted by Gasteiger charge is -2.50. The average molecular weight is 486 g/mol. The molecule has 1 aliphatic carbocycles. The largest absolute Gasteiger partial charge is 0.378 e. The Morgan fingerprint density at radius 2 is 1.86 bits per heavy atom. The zero-order valence-corrected chi connectivity index (χ0v) is 21.0. The van der Waals surface area contributed by atoms with Crippen molar-refractivity contribution in [1.29, 1.82) is 0 Å². The van der Waals surface area contributed by atoms with Gasteiger partial charge in [0.1, 0.15) is 5.82 Å². The number of anilines is 2. The fourth-order valence-corrected chi connectivity index (χ4v) is 6.43. The second kappa shape index (κ2) is 9.71. The van der Waals surface area contributed by atoms with Crippen LogP contribution >= 0.6 is 0 Å². The van der Waals surface area contributed by atoms with E-state index in [4.69, 9.17) is 9.72 Å². The van der Waals surface area contributed by atoms with Crippen LogP contribution in [0.5, 0.6) is 0 Å². The zero-order valence-electron chi connectivity index (χ0n) is 21.0. The summed E-state index contributed by atoms with van der Waals surface area (Å²) in [5, 5.41) is 10.8. The number of morpholine rings is 1. The number of piperidine rings is 1. The predicted octanol–water partition coefficient (Wildman–Crippen LogP) is 5.10. The summed E-state index contributed by atoms with van der Waals surface area (Å²) in [6, 6.07) is 20.2. The molecule has 6 rings (SSSR count). The van der Waals surface area contributed by atoms with Crippen molar-refractivity contribution >= 4 is 28.4 Å². The van der Waals surface area contributed by atoms with E-state index in [1.54, 1.807) is 0 Å². The molecule has 36 heavy (non-hydrogen) atoms. The second-order valence-electron chi connectivity index (χ2n) is 10.7. The first kappa shape index (κ1) is 23.3. The Morgan fingerprint density at radius 3 is 2.67 bits per heavy atom. The first-order valence-electron chi connectivity index (χ1n) is 13.2. The van der Waals surface area contributed by atoms with Gasteiger partial charge >= 0.3 is 6.03 Å². The molecule has 2 saturated heterocycles. The average Bonchev–Trinajstić information content (AvgIpc) is 3.26. The lowest BCUT2D eigenvalue weighted by Crippen LogP contribution is -2.62. The highest BCUT2D eigenvalue weighted by atomic mass is 16.5. The number of pyridine rings is 1. The molecular weight excluding hydrogens is 450 g/mol. The third kappa shape index (κ3) is 4.65. The van der Waals surface area contributed by atoms with E-state index in [1.807, 2.05) is 24.3 Å². The molecule has 3 aromatic rings. The number of amides is 2. The van der Waals surface area contributed by atoms with E-state index in [-0.39, 0.29) is 12.1 Å². The Kier molecular flexibility index (Phi) is 6.27. The van der Waals surface area contributed by atoms with Gasteiger partial charge in [0.15, 0.2) is 0 Å². The molecule has 0 saturated carbocycles. The summed E-state index contributed by atoms with van der Waals surface area (Å²) >= 11 is 0. The number of hydrogen-bond donors (Lipinski definition) is 3. The minimum Gasteiger partial charge on any atom is -0.378 e. The molecule has 0 radical (unpaired) electrons. The summed E-state index contributed by atoms with van der Waals surface area (Å²) in [5.74, 6) is 0.880. The number of fused-ring (bicyclic) bond motifs is 4. The van der Waals surface area contributed by atoms with E-state index < -0.39 is 0 Å². The smallest absolute Gasteiger partial charge is 0.319 e. The first-order valence-corrected chi connectivity index (χ1v) is 13.2. The van der Waals surface area contributed by atoms with Crippen LogP contribution in [0, 0.1) is 0 Å². The highest BCUT2D eigenvalue weighted by Crippen LogP contribution is 2.34. The third-order valence-corrected chi connectivity index (χ3v) is 7.91. The second-order valence-corrected chi connectivity index (χ2v) is 10.7. The Balaban J connectivity index is 1.08. The molecule has 188 valence electrons. The Morgan fingerprint density at radius 1 is 1.06 bits per heavy atom. The van der Waals surface area contributed by atoms with E-state index in [0.717, 1.165) is 61.3 Å². The molecule has 2 aromatic carbocycles. The minimum atomic E-state index is -0.150. The van der Waals surface area contributed by atoms with Crippen LogP contribution in [-0.4, -0.2) is 53.3 Å². The highest BCUT2D eigenvalue weighted by Gasteiger charge is 2.40. The molecular formula is C29H35N5O2. The van der Waals surface area contributed by atoms with Crippen LogP contribution in [-0.2, 0) is 11.2 Å². The molecule has 2 unspecified atom stereocenters. The number of ether oxygens (including phenoxy) is 1. The third-order valence-electron chi connectivity index (χ3n) is 7.91. The van der Waals surface area contributed by atoms with Gasteiger partial charge in [-0.15, -0.1) is 0 Å². The number of benzene rings is 2. The predicted molar refractivity (Wildman–Crippen MR) is 143 cm³/mol. The number of rotatable bonds is 5. The molecule has 3 atom stereocenters. The summed E-state index contributed by atoms with van der Waals surface area (Å²) in [6.45, 7) is 5.98. The van der Waals surface area contributed by atoms with Crippen molar-refractivity contribution < 1.29 is 9.53 Å². The van der Waals surface area contributed by atoms with Gasteiger partial charge in [-0.1, -0.05) is 24.3 Å². The molecule has 1 aromatic heterocycles. The number of nitrogens with one attached hydrogen (secondary N) is 3. The van der Waals surface area contributed by atoms with Crippen molar-refractivity contribution in [2.24, 2.45) is 0 Å². The van der Waals surface area contributed by atoms with Crippen LogP contribution in [0.4, 0.5) is 16.3 Å². The highest BCUT2D eigenvalue weighted by molar-refractivity contribution is 5.93. The summed E-state index contributed by atoms with van der Waals surface area (Å²) < 4.78 is 5.79.